The number of hydrogen-bond acceptors (Lipinski definition) is 8. The van der Waals surface area contributed by atoms with Crippen LogP contribution in [-0.2, 0) is 36.3 Å². The van der Waals surface area contributed by atoms with E-state index in [0.29, 0.717) is 30.0 Å². The van der Waals surface area contributed by atoms with Gasteiger partial charge in [0.15, 0.2) is 5.54 Å². The molecule has 0 atom stereocenters. The molecule has 0 aromatic carbocycles. The van der Waals surface area contributed by atoms with Gasteiger partial charge in [0, 0.05) is 40.5 Å². The Morgan fingerprint density at radius 2 is 1.27 bits per heavy atom. The van der Waals surface area contributed by atoms with Gasteiger partial charge in [-0.3, -0.25) is 23.6 Å². The van der Waals surface area contributed by atoms with Crippen LogP contribution in [0.2, 0.25) is 0 Å². The lowest BCUT2D eigenvalue weighted by Gasteiger charge is -2.29. The zero-order chi connectivity index (χ0) is 21.7. The first-order valence-electron chi connectivity index (χ1n) is 9.53. The van der Waals surface area contributed by atoms with Crippen molar-refractivity contribution in [3.63, 3.8) is 0 Å². The summed E-state index contributed by atoms with van der Waals surface area (Å²) in [5.41, 5.74) is -0.0752. The van der Waals surface area contributed by atoms with Crippen LogP contribution in [0.4, 0.5) is 0 Å². The van der Waals surface area contributed by atoms with Crippen molar-refractivity contribution in [1.29, 1.82) is 0 Å². The zero-order valence-corrected chi connectivity index (χ0v) is 17.4. The molecule has 0 bridgehead atoms. The molecule has 30 heavy (non-hydrogen) atoms. The first-order chi connectivity index (χ1) is 14.3. The predicted molar refractivity (Wildman–Crippen MR) is 104 cm³/mol. The van der Waals surface area contributed by atoms with Crippen molar-refractivity contribution in [2.75, 3.05) is 6.54 Å². The average molecular weight is 415 g/mol. The van der Waals surface area contributed by atoms with E-state index < -0.39 is 5.54 Å². The van der Waals surface area contributed by atoms with Crippen LogP contribution in [-0.4, -0.2) is 63.3 Å². The molecule has 0 fully saturated rings. The Hall–Kier alpha value is -3.64. The van der Waals surface area contributed by atoms with Gasteiger partial charge in [-0.15, -0.1) is 15.3 Å². The van der Waals surface area contributed by atoms with Gasteiger partial charge in [-0.1, -0.05) is 15.6 Å². The fourth-order valence-electron chi connectivity index (χ4n) is 3.11. The van der Waals surface area contributed by atoms with Gasteiger partial charge in [0.05, 0.1) is 18.6 Å². The number of rotatable bonds is 9. The average Bonchev–Trinajstić information content (AvgIpc) is 3.42. The number of amides is 2. The highest BCUT2D eigenvalue weighted by molar-refractivity contribution is 5.80. The van der Waals surface area contributed by atoms with Crippen LogP contribution in [0.3, 0.4) is 0 Å². The maximum atomic E-state index is 12.9. The summed E-state index contributed by atoms with van der Waals surface area (Å²) in [4.78, 5) is 24.6. The van der Waals surface area contributed by atoms with E-state index >= 15 is 0 Å². The van der Waals surface area contributed by atoms with Gasteiger partial charge in [0.2, 0.25) is 11.8 Å². The molecule has 3 rings (SSSR count). The molecule has 2 N–H and O–H groups in total. The molecule has 0 spiro atoms. The van der Waals surface area contributed by atoms with E-state index in [4.69, 9.17) is 0 Å². The van der Waals surface area contributed by atoms with Crippen LogP contribution in [0.15, 0.2) is 18.6 Å². The highest BCUT2D eigenvalue weighted by Gasteiger charge is 2.45. The Kier molecular flexibility index (Phi) is 6.18. The van der Waals surface area contributed by atoms with E-state index in [1.54, 1.807) is 39.7 Å². The number of nitrogens with one attached hydrogen (secondary N) is 2. The summed E-state index contributed by atoms with van der Waals surface area (Å²) in [5, 5.41) is 30.4. The van der Waals surface area contributed by atoms with Crippen LogP contribution in [0.5, 0.6) is 0 Å². The van der Waals surface area contributed by atoms with Gasteiger partial charge in [-0.05, 0) is 13.3 Å². The maximum absolute atomic E-state index is 12.9. The minimum absolute atomic E-state index is 0.0895. The van der Waals surface area contributed by atoms with E-state index in [-0.39, 0.29) is 24.7 Å². The minimum atomic E-state index is -1.33. The lowest BCUT2D eigenvalue weighted by atomic mass is 9.88. The zero-order valence-electron chi connectivity index (χ0n) is 17.4. The van der Waals surface area contributed by atoms with Crippen molar-refractivity contribution < 1.29 is 9.59 Å². The van der Waals surface area contributed by atoms with Crippen molar-refractivity contribution in [1.82, 2.24) is 55.6 Å². The van der Waals surface area contributed by atoms with Crippen LogP contribution in [0.1, 0.15) is 43.3 Å². The highest BCUT2D eigenvalue weighted by atomic mass is 16.2. The molecule has 3 heterocycles. The molecule has 0 saturated carbocycles. The summed E-state index contributed by atoms with van der Waals surface area (Å²) >= 11 is 0. The summed E-state index contributed by atoms with van der Waals surface area (Å²) in [7, 11) is 5.17. The highest BCUT2D eigenvalue weighted by Crippen LogP contribution is 2.33. The number of carbonyl (C=O) groups is 2. The lowest BCUT2D eigenvalue weighted by Crippen LogP contribution is -2.49. The largest absolute Gasteiger partial charge is 0.356 e. The topological polar surface area (TPSA) is 150 Å². The monoisotopic (exact) mass is 415 g/mol. The minimum Gasteiger partial charge on any atom is -0.356 e. The van der Waals surface area contributed by atoms with E-state index in [9.17, 15) is 9.59 Å². The van der Waals surface area contributed by atoms with Gasteiger partial charge in [-0.25, -0.2) is 0 Å². The molecule has 3 aromatic heterocycles. The quantitative estimate of drug-likeness (QED) is 0.442. The number of carbonyl (C=O) groups excluding carboxylic acids is 2. The Morgan fingerprint density at radius 3 is 1.63 bits per heavy atom. The second-order valence-electron chi connectivity index (χ2n) is 6.94. The van der Waals surface area contributed by atoms with Gasteiger partial charge in [0.1, 0.15) is 17.1 Å². The normalized spacial score (nSPS) is 11.5. The molecule has 0 aliphatic rings. The Balaban J connectivity index is 1.96. The molecule has 0 aliphatic carbocycles. The second kappa shape index (κ2) is 8.80. The summed E-state index contributed by atoms with van der Waals surface area (Å²) in [6, 6.07) is 0. The molecule has 160 valence electrons. The van der Waals surface area contributed by atoms with Crippen LogP contribution >= 0.6 is 0 Å². The van der Waals surface area contributed by atoms with Gasteiger partial charge in [-0.2, -0.15) is 0 Å². The van der Waals surface area contributed by atoms with Crippen molar-refractivity contribution in [2.45, 2.75) is 31.7 Å². The van der Waals surface area contributed by atoms with E-state index in [0.717, 1.165) is 0 Å². The van der Waals surface area contributed by atoms with E-state index in [2.05, 4.69) is 41.6 Å². The molecule has 0 radical (unpaired) electrons. The number of aryl methyl sites for hydroxylation is 3. The molecule has 13 nitrogen and oxygen atoms in total. The van der Waals surface area contributed by atoms with Crippen molar-refractivity contribution in [3.05, 3.63) is 35.7 Å². The Morgan fingerprint density at radius 1 is 0.833 bits per heavy atom. The number of aromatic nitrogens is 9. The molecule has 0 saturated heterocycles. The van der Waals surface area contributed by atoms with Crippen LogP contribution < -0.4 is 10.6 Å². The van der Waals surface area contributed by atoms with Gasteiger partial charge < -0.3 is 10.6 Å². The van der Waals surface area contributed by atoms with E-state index in [1.165, 1.54) is 14.0 Å². The Labute approximate surface area is 172 Å². The fraction of sp³-hybridized carbons (Fsp3) is 0.529. The molecule has 0 unspecified atom stereocenters. The summed E-state index contributed by atoms with van der Waals surface area (Å²) in [6.07, 6.45) is 5.83. The number of hydrogen-bond donors (Lipinski definition) is 2. The predicted octanol–water partition coefficient (Wildman–Crippen LogP) is -1.21. The maximum Gasteiger partial charge on any atom is 0.221 e. The van der Waals surface area contributed by atoms with Gasteiger partial charge in [0.25, 0.3) is 0 Å². The summed E-state index contributed by atoms with van der Waals surface area (Å²) in [5.74, 6) is -0.380. The van der Waals surface area contributed by atoms with Crippen LogP contribution in [0.25, 0.3) is 0 Å². The first kappa shape index (κ1) is 21.1. The summed E-state index contributed by atoms with van der Waals surface area (Å²) < 4.78 is 4.58. The summed E-state index contributed by atoms with van der Waals surface area (Å²) in [6.45, 7) is 2.40. The molecular formula is C17H25N11O2. The van der Waals surface area contributed by atoms with E-state index in [1.807, 2.05) is 6.92 Å². The molecule has 0 aliphatic heterocycles. The van der Waals surface area contributed by atoms with Crippen molar-refractivity contribution in [2.24, 2.45) is 21.1 Å². The fourth-order valence-corrected chi connectivity index (χ4v) is 3.11. The van der Waals surface area contributed by atoms with Crippen LogP contribution in [0, 0.1) is 0 Å². The second-order valence-corrected chi connectivity index (χ2v) is 6.94. The SMILES string of the molecule is CCNC(=O)CCCC(=O)NC(c1cn(C)nn1)(c1cn(C)nn1)c1cn(C)nn1. The molecular weight excluding hydrogens is 390 g/mol. The standard InChI is InChI=1S/C17H25N11O2/c1-5-18-15(29)7-6-8-16(30)19-17(12-9-26(2)23-20-12,13-10-27(3)24-21-13)14-11-28(4)25-22-14/h9-11H,5-8H2,1-4H3,(H,18,29)(H,19,30). The molecule has 3 aromatic rings. The lowest BCUT2D eigenvalue weighted by molar-refractivity contribution is -0.123. The first-order valence-corrected chi connectivity index (χ1v) is 9.53. The molecule has 2 amide bonds. The Bertz CT molecular complexity index is 920. The van der Waals surface area contributed by atoms with Crippen molar-refractivity contribution in [3.8, 4) is 0 Å². The molecule has 13 heteroatoms. The third kappa shape index (κ3) is 4.34. The smallest absolute Gasteiger partial charge is 0.221 e. The third-order valence-electron chi connectivity index (χ3n) is 4.47. The number of nitrogens with zero attached hydrogens (tertiary/aromatic N) is 9. The van der Waals surface area contributed by atoms with Gasteiger partial charge >= 0.3 is 0 Å². The van der Waals surface area contributed by atoms with Crippen molar-refractivity contribution >= 4 is 11.8 Å². The third-order valence-corrected chi connectivity index (χ3v) is 4.47.